The molecule has 0 radical (unpaired) electrons. The lowest BCUT2D eigenvalue weighted by molar-refractivity contribution is -0.142. The van der Waals surface area contributed by atoms with E-state index in [4.69, 9.17) is 10.2 Å². The van der Waals surface area contributed by atoms with E-state index in [1.165, 1.54) is 19.2 Å². The van der Waals surface area contributed by atoms with Crippen molar-refractivity contribution in [3.63, 3.8) is 0 Å². The van der Waals surface area contributed by atoms with Crippen LogP contribution in [-0.2, 0) is 6.61 Å². The van der Waals surface area contributed by atoms with Gasteiger partial charge in [0.25, 0.3) is 5.91 Å². The molecule has 0 saturated carbocycles. The molecule has 1 amide bonds. The first-order valence-electron chi connectivity index (χ1n) is 6.64. The van der Waals surface area contributed by atoms with Crippen LogP contribution in [0.5, 0.6) is 0 Å². The van der Waals surface area contributed by atoms with Crippen LogP contribution < -0.4 is 5.32 Å². The van der Waals surface area contributed by atoms with E-state index in [-0.39, 0.29) is 29.8 Å². The van der Waals surface area contributed by atoms with Crippen LogP contribution in [0.1, 0.15) is 26.3 Å². The molecule has 6 nitrogen and oxygen atoms in total. The first-order chi connectivity index (χ1) is 10.6. The van der Waals surface area contributed by atoms with E-state index in [9.17, 15) is 22.8 Å². The molecule has 1 aromatic rings. The first kappa shape index (κ1) is 18.9. The number of hydrogen-bond acceptors (Lipinski definition) is 4. The van der Waals surface area contributed by atoms with Crippen LogP contribution in [0.4, 0.5) is 13.2 Å². The number of rotatable bonds is 7. The first-order valence-corrected chi connectivity index (χ1v) is 6.64. The lowest BCUT2D eigenvalue weighted by Crippen LogP contribution is -2.37. The van der Waals surface area contributed by atoms with Crippen molar-refractivity contribution in [2.75, 3.05) is 26.7 Å². The minimum atomic E-state index is -4.31. The molecule has 0 aromatic heterocycles. The van der Waals surface area contributed by atoms with Crippen LogP contribution in [0.2, 0.25) is 0 Å². The van der Waals surface area contributed by atoms with Gasteiger partial charge in [-0.05, 0) is 24.7 Å². The number of carboxylic acid groups (broad SMARTS) is 1. The highest BCUT2D eigenvalue weighted by atomic mass is 19.4. The van der Waals surface area contributed by atoms with Gasteiger partial charge in [-0.1, -0.05) is 6.07 Å². The predicted octanol–water partition coefficient (Wildman–Crippen LogP) is 1.10. The summed E-state index contributed by atoms with van der Waals surface area (Å²) in [4.78, 5) is 23.9. The Labute approximate surface area is 130 Å². The number of nitrogens with one attached hydrogen (secondary N) is 1. The number of aliphatic hydroxyl groups excluding tert-OH is 1. The lowest BCUT2D eigenvalue weighted by Gasteiger charge is -2.18. The van der Waals surface area contributed by atoms with Crippen LogP contribution in [0.25, 0.3) is 0 Å². The average Bonchev–Trinajstić information content (AvgIpc) is 2.44. The molecule has 0 unspecified atom stereocenters. The van der Waals surface area contributed by atoms with Crippen molar-refractivity contribution < 1.29 is 33.0 Å². The van der Waals surface area contributed by atoms with Gasteiger partial charge < -0.3 is 15.5 Å². The largest absolute Gasteiger partial charge is 0.478 e. The van der Waals surface area contributed by atoms with E-state index >= 15 is 0 Å². The number of halogens is 3. The minimum Gasteiger partial charge on any atom is -0.478 e. The van der Waals surface area contributed by atoms with Crippen molar-refractivity contribution in [3.05, 3.63) is 34.9 Å². The number of amides is 1. The number of likely N-dealkylation sites (N-methyl/N-ethyl adjacent to an activating group) is 1. The van der Waals surface area contributed by atoms with Gasteiger partial charge in [0, 0.05) is 18.7 Å². The molecule has 0 spiro atoms. The second-order valence-electron chi connectivity index (χ2n) is 4.94. The molecule has 0 bridgehead atoms. The maximum absolute atomic E-state index is 12.1. The molecule has 0 aliphatic carbocycles. The average molecular weight is 334 g/mol. The Morgan fingerprint density at radius 1 is 1.30 bits per heavy atom. The van der Waals surface area contributed by atoms with Gasteiger partial charge in [0.15, 0.2) is 0 Å². The summed E-state index contributed by atoms with van der Waals surface area (Å²) < 4.78 is 36.4. The van der Waals surface area contributed by atoms with Gasteiger partial charge in [0.1, 0.15) is 0 Å². The second-order valence-corrected chi connectivity index (χ2v) is 4.94. The quantitative estimate of drug-likeness (QED) is 0.695. The van der Waals surface area contributed by atoms with Gasteiger partial charge in [-0.15, -0.1) is 0 Å². The zero-order valence-electron chi connectivity index (χ0n) is 12.4. The smallest absolute Gasteiger partial charge is 0.401 e. The third kappa shape index (κ3) is 6.25. The zero-order valence-corrected chi connectivity index (χ0v) is 12.4. The van der Waals surface area contributed by atoms with Gasteiger partial charge in [-0.2, -0.15) is 13.2 Å². The molecular formula is C14H17F3N2O4. The molecule has 0 aliphatic rings. The number of hydrogen-bond donors (Lipinski definition) is 3. The van der Waals surface area contributed by atoms with Crippen LogP contribution >= 0.6 is 0 Å². The Morgan fingerprint density at radius 3 is 2.48 bits per heavy atom. The van der Waals surface area contributed by atoms with Crippen molar-refractivity contribution in [2.24, 2.45) is 0 Å². The summed E-state index contributed by atoms with van der Waals surface area (Å²) in [6.45, 7) is -1.59. The zero-order chi connectivity index (χ0) is 17.6. The highest BCUT2D eigenvalue weighted by molar-refractivity contribution is 5.98. The Hall–Kier alpha value is -2.13. The summed E-state index contributed by atoms with van der Waals surface area (Å²) in [5, 5.41) is 20.5. The van der Waals surface area contributed by atoms with E-state index < -0.39 is 31.2 Å². The van der Waals surface area contributed by atoms with Crippen molar-refractivity contribution in [2.45, 2.75) is 12.8 Å². The number of aliphatic hydroxyl groups is 1. The van der Waals surface area contributed by atoms with Crippen LogP contribution in [-0.4, -0.2) is 59.8 Å². The van der Waals surface area contributed by atoms with Crippen molar-refractivity contribution in [3.8, 4) is 0 Å². The number of nitrogens with zero attached hydrogens (tertiary/aromatic N) is 1. The molecule has 1 rings (SSSR count). The fourth-order valence-electron chi connectivity index (χ4n) is 1.90. The summed E-state index contributed by atoms with van der Waals surface area (Å²) in [5.74, 6) is -1.88. The molecular weight excluding hydrogens is 317 g/mol. The molecule has 0 heterocycles. The van der Waals surface area contributed by atoms with Crippen molar-refractivity contribution in [1.29, 1.82) is 0 Å². The molecule has 0 fully saturated rings. The number of alkyl halides is 3. The van der Waals surface area contributed by atoms with E-state index in [0.717, 1.165) is 11.0 Å². The van der Waals surface area contributed by atoms with Crippen LogP contribution in [0, 0.1) is 0 Å². The maximum atomic E-state index is 12.1. The highest BCUT2D eigenvalue weighted by Gasteiger charge is 2.28. The molecule has 128 valence electrons. The van der Waals surface area contributed by atoms with Crippen molar-refractivity contribution >= 4 is 11.9 Å². The topological polar surface area (TPSA) is 89.9 Å². The summed E-state index contributed by atoms with van der Waals surface area (Å²) >= 11 is 0. The molecule has 0 aliphatic heterocycles. The molecule has 1 aromatic carbocycles. The highest BCUT2D eigenvalue weighted by Crippen LogP contribution is 2.15. The SMILES string of the molecule is CN(CCNC(=O)c1ccc(CO)c(C(=O)O)c1)CC(F)(F)F. The third-order valence-corrected chi connectivity index (χ3v) is 3.00. The van der Waals surface area contributed by atoms with Gasteiger partial charge in [-0.25, -0.2) is 4.79 Å². The minimum absolute atomic E-state index is 0.00817. The molecule has 9 heteroatoms. The van der Waals surface area contributed by atoms with E-state index in [2.05, 4.69) is 5.32 Å². The Morgan fingerprint density at radius 2 is 1.96 bits per heavy atom. The molecule has 23 heavy (non-hydrogen) atoms. The Bertz CT molecular complexity index is 576. The van der Waals surface area contributed by atoms with E-state index in [1.54, 1.807) is 0 Å². The number of carboxylic acids is 1. The Kier molecular flexibility index (Phi) is 6.52. The van der Waals surface area contributed by atoms with E-state index in [1.807, 2.05) is 0 Å². The second kappa shape index (κ2) is 7.93. The van der Waals surface area contributed by atoms with Gasteiger partial charge >= 0.3 is 12.1 Å². The molecule has 0 saturated heterocycles. The molecule has 3 N–H and O–H groups in total. The monoisotopic (exact) mass is 334 g/mol. The maximum Gasteiger partial charge on any atom is 0.401 e. The van der Waals surface area contributed by atoms with Crippen LogP contribution in [0.3, 0.4) is 0 Å². The van der Waals surface area contributed by atoms with Gasteiger partial charge in [-0.3, -0.25) is 9.69 Å². The fraction of sp³-hybridized carbons (Fsp3) is 0.429. The molecule has 0 atom stereocenters. The van der Waals surface area contributed by atoms with Crippen LogP contribution in [0.15, 0.2) is 18.2 Å². The summed E-state index contributed by atoms with van der Waals surface area (Å²) in [6, 6.07) is 3.77. The predicted molar refractivity (Wildman–Crippen MR) is 75.2 cm³/mol. The van der Waals surface area contributed by atoms with E-state index in [0.29, 0.717) is 0 Å². The number of aromatic carboxylic acids is 1. The third-order valence-electron chi connectivity index (χ3n) is 3.00. The van der Waals surface area contributed by atoms with Gasteiger partial charge in [0.2, 0.25) is 0 Å². The Balaban J connectivity index is 2.62. The fourth-order valence-corrected chi connectivity index (χ4v) is 1.90. The summed E-state index contributed by atoms with van der Waals surface area (Å²) in [7, 11) is 1.28. The van der Waals surface area contributed by atoms with Gasteiger partial charge in [0.05, 0.1) is 18.7 Å². The number of benzene rings is 1. The number of carbonyl (C=O) groups excluding carboxylic acids is 1. The number of carbonyl (C=O) groups is 2. The van der Waals surface area contributed by atoms with Crippen molar-refractivity contribution in [1.82, 2.24) is 10.2 Å². The standard InChI is InChI=1S/C14H17F3N2O4/c1-19(8-14(15,16)17)5-4-18-12(21)9-2-3-10(7-20)11(6-9)13(22)23/h2-3,6,20H,4-5,7-8H2,1H3,(H,18,21)(H,22,23). The normalized spacial score (nSPS) is 11.6. The summed E-state index contributed by atoms with van der Waals surface area (Å²) in [5.41, 5.74) is 0.0198. The lowest BCUT2D eigenvalue weighted by atomic mass is 10.0. The summed E-state index contributed by atoms with van der Waals surface area (Å²) in [6.07, 6.45) is -4.31.